The van der Waals surface area contributed by atoms with Gasteiger partial charge in [-0.25, -0.2) is 4.98 Å². The van der Waals surface area contributed by atoms with Gasteiger partial charge in [0.1, 0.15) is 0 Å². The molecule has 0 saturated heterocycles. The van der Waals surface area contributed by atoms with Crippen molar-refractivity contribution in [2.75, 3.05) is 5.32 Å². The molecule has 0 radical (unpaired) electrons. The van der Waals surface area contributed by atoms with E-state index in [4.69, 9.17) is 0 Å². The van der Waals surface area contributed by atoms with Gasteiger partial charge in [-0.15, -0.1) is 0 Å². The van der Waals surface area contributed by atoms with Crippen molar-refractivity contribution in [1.82, 2.24) is 9.97 Å². The van der Waals surface area contributed by atoms with Gasteiger partial charge < -0.3 is 5.32 Å². The molecular formula is C11H11N3O. The van der Waals surface area contributed by atoms with Crippen molar-refractivity contribution in [2.45, 2.75) is 18.9 Å². The molecule has 0 aliphatic heterocycles. The zero-order valence-electron chi connectivity index (χ0n) is 8.16. The van der Waals surface area contributed by atoms with E-state index in [1.165, 1.54) is 0 Å². The summed E-state index contributed by atoms with van der Waals surface area (Å²) in [6.45, 7) is 0. The van der Waals surface area contributed by atoms with Gasteiger partial charge in [-0.3, -0.25) is 9.78 Å². The van der Waals surface area contributed by atoms with Crippen LogP contribution in [0.3, 0.4) is 0 Å². The third kappa shape index (κ3) is 1.58. The zero-order chi connectivity index (χ0) is 10.3. The number of para-hydroxylation sites is 1. The number of rotatable bonds is 2. The second kappa shape index (κ2) is 3.08. The molecule has 0 amide bonds. The predicted octanol–water partition coefficient (Wildman–Crippen LogP) is 1.50. The molecule has 4 nitrogen and oxygen atoms in total. The minimum Gasteiger partial charge on any atom is -0.353 e. The number of nitrogens with one attached hydrogen (secondary N) is 2. The van der Waals surface area contributed by atoms with E-state index < -0.39 is 0 Å². The van der Waals surface area contributed by atoms with Gasteiger partial charge in [0.05, 0.1) is 10.9 Å². The lowest BCUT2D eigenvalue weighted by Gasteiger charge is -2.03. The quantitative estimate of drug-likeness (QED) is 0.774. The molecule has 1 saturated carbocycles. The molecule has 4 heteroatoms. The maximum absolute atomic E-state index is 11.7. The molecule has 0 bridgehead atoms. The fourth-order valence-electron chi connectivity index (χ4n) is 1.58. The van der Waals surface area contributed by atoms with E-state index >= 15 is 0 Å². The van der Waals surface area contributed by atoms with Crippen LogP contribution in [0.5, 0.6) is 0 Å². The number of aromatic nitrogens is 2. The highest BCUT2D eigenvalue weighted by atomic mass is 16.1. The number of anilines is 1. The largest absolute Gasteiger partial charge is 0.353 e. The van der Waals surface area contributed by atoms with Gasteiger partial charge >= 0.3 is 0 Å². The van der Waals surface area contributed by atoms with E-state index in [0.717, 1.165) is 18.4 Å². The predicted molar refractivity (Wildman–Crippen MR) is 59.0 cm³/mol. The first-order valence-corrected chi connectivity index (χ1v) is 5.08. The molecule has 1 aromatic heterocycles. The minimum absolute atomic E-state index is 0.0799. The number of hydrogen-bond acceptors (Lipinski definition) is 3. The average molecular weight is 201 g/mol. The average Bonchev–Trinajstić information content (AvgIpc) is 3.02. The number of hydrogen-bond donors (Lipinski definition) is 2. The van der Waals surface area contributed by atoms with Crippen LogP contribution in [0.4, 0.5) is 5.95 Å². The molecule has 15 heavy (non-hydrogen) atoms. The smallest absolute Gasteiger partial charge is 0.260 e. The molecule has 0 unspecified atom stereocenters. The lowest BCUT2D eigenvalue weighted by molar-refractivity contribution is 1.06. The van der Waals surface area contributed by atoms with Crippen molar-refractivity contribution in [3.05, 3.63) is 34.6 Å². The third-order valence-electron chi connectivity index (χ3n) is 2.53. The fraction of sp³-hybridized carbons (Fsp3) is 0.273. The summed E-state index contributed by atoms with van der Waals surface area (Å²) in [4.78, 5) is 18.8. The van der Waals surface area contributed by atoms with Gasteiger partial charge in [0.15, 0.2) is 0 Å². The normalized spacial score (nSPS) is 15.5. The van der Waals surface area contributed by atoms with Crippen LogP contribution < -0.4 is 10.9 Å². The Morgan fingerprint density at radius 3 is 2.93 bits per heavy atom. The van der Waals surface area contributed by atoms with Crippen molar-refractivity contribution < 1.29 is 0 Å². The second-order valence-corrected chi connectivity index (χ2v) is 3.85. The first-order valence-electron chi connectivity index (χ1n) is 5.08. The van der Waals surface area contributed by atoms with Crippen LogP contribution in [0.25, 0.3) is 10.9 Å². The maximum Gasteiger partial charge on any atom is 0.260 e. The van der Waals surface area contributed by atoms with E-state index in [0.29, 0.717) is 17.4 Å². The molecule has 76 valence electrons. The monoisotopic (exact) mass is 201 g/mol. The zero-order valence-corrected chi connectivity index (χ0v) is 8.16. The summed E-state index contributed by atoms with van der Waals surface area (Å²) in [5.41, 5.74) is 0.660. The summed E-state index contributed by atoms with van der Waals surface area (Å²) in [5, 5.41) is 3.82. The van der Waals surface area contributed by atoms with E-state index in [1.807, 2.05) is 18.2 Å². The van der Waals surface area contributed by atoms with Crippen LogP contribution in [0.15, 0.2) is 29.1 Å². The van der Waals surface area contributed by atoms with E-state index in [9.17, 15) is 4.79 Å². The SMILES string of the molecule is O=c1[nH]c(NC2CC2)nc2ccccc12. The molecule has 2 aromatic rings. The van der Waals surface area contributed by atoms with Crippen molar-refractivity contribution in [3.63, 3.8) is 0 Å². The highest BCUT2D eigenvalue weighted by molar-refractivity contribution is 5.78. The number of fused-ring (bicyclic) bond motifs is 1. The number of nitrogens with zero attached hydrogens (tertiary/aromatic N) is 1. The maximum atomic E-state index is 11.7. The highest BCUT2D eigenvalue weighted by Crippen LogP contribution is 2.22. The summed E-state index contributed by atoms with van der Waals surface area (Å²) < 4.78 is 0. The molecule has 0 spiro atoms. The Balaban J connectivity index is 2.13. The molecule has 1 aliphatic carbocycles. The Hall–Kier alpha value is -1.84. The number of H-pyrrole nitrogens is 1. The second-order valence-electron chi connectivity index (χ2n) is 3.85. The molecule has 1 aliphatic rings. The van der Waals surface area contributed by atoms with E-state index in [-0.39, 0.29) is 5.56 Å². The van der Waals surface area contributed by atoms with E-state index in [1.54, 1.807) is 6.07 Å². The summed E-state index contributed by atoms with van der Waals surface area (Å²) in [6.07, 6.45) is 2.33. The van der Waals surface area contributed by atoms with Gasteiger partial charge in [0.25, 0.3) is 5.56 Å². The summed E-state index contributed by atoms with van der Waals surface area (Å²) in [7, 11) is 0. The number of aromatic amines is 1. The van der Waals surface area contributed by atoms with Crippen LogP contribution in [-0.4, -0.2) is 16.0 Å². The standard InChI is InChI=1S/C11H11N3O/c15-10-8-3-1-2-4-9(8)13-11(14-10)12-7-5-6-7/h1-4,7H,5-6H2,(H2,12,13,14,15). The molecule has 1 fully saturated rings. The Morgan fingerprint density at radius 2 is 2.13 bits per heavy atom. The van der Waals surface area contributed by atoms with Gasteiger partial charge in [-0.05, 0) is 25.0 Å². The lowest BCUT2D eigenvalue weighted by Crippen LogP contribution is -2.14. The summed E-state index contributed by atoms with van der Waals surface area (Å²) in [5.74, 6) is 0.584. The molecule has 0 atom stereocenters. The molecular weight excluding hydrogens is 190 g/mol. The van der Waals surface area contributed by atoms with Crippen LogP contribution >= 0.6 is 0 Å². The third-order valence-corrected chi connectivity index (χ3v) is 2.53. The molecule has 2 N–H and O–H groups in total. The molecule has 3 rings (SSSR count). The van der Waals surface area contributed by atoms with Crippen LogP contribution in [0, 0.1) is 0 Å². The van der Waals surface area contributed by atoms with Crippen LogP contribution in [-0.2, 0) is 0 Å². The number of benzene rings is 1. The van der Waals surface area contributed by atoms with Crippen molar-refractivity contribution in [2.24, 2.45) is 0 Å². The Kier molecular flexibility index (Phi) is 1.74. The minimum atomic E-state index is -0.0799. The Labute approximate surface area is 86.4 Å². The lowest BCUT2D eigenvalue weighted by atomic mass is 10.2. The fourth-order valence-corrected chi connectivity index (χ4v) is 1.58. The highest BCUT2D eigenvalue weighted by Gasteiger charge is 2.21. The van der Waals surface area contributed by atoms with Crippen LogP contribution in [0.2, 0.25) is 0 Å². The van der Waals surface area contributed by atoms with Crippen LogP contribution in [0.1, 0.15) is 12.8 Å². The van der Waals surface area contributed by atoms with Gasteiger partial charge in [-0.1, -0.05) is 12.1 Å². The molecule has 1 aromatic carbocycles. The van der Waals surface area contributed by atoms with Crippen molar-refractivity contribution in [3.8, 4) is 0 Å². The summed E-state index contributed by atoms with van der Waals surface area (Å²) >= 11 is 0. The molecule has 1 heterocycles. The first-order chi connectivity index (χ1) is 7.33. The van der Waals surface area contributed by atoms with Gasteiger partial charge in [-0.2, -0.15) is 0 Å². The Bertz CT molecular complexity index is 557. The van der Waals surface area contributed by atoms with Gasteiger partial charge in [0, 0.05) is 6.04 Å². The topological polar surface area (TPSA) is 57.8 Å². The first kappa shape index (κ1) is 8.47. The summed E-state index contributed by atoms with van der Waals surface area (Å²) in [6, 6.07) is 7.85. The van der Waals surface area contributed by atoms with E-state index in [2.05, 4.69) is 15.3 Å². The Morgan fingerprint density at radius 1 is 1.33 bits per heavy atom. The van der Waals surface area contributed by atoms with Crippen molar-refractivity contribution in [1.29, 1.82) is 0 Å². The van der Waals surface area contributed by atoms with Crippen molar-refractivity contribution >= 4 is 16.9 Å². The van der Waals surface area contributed by atoms with Gasteiger partial charge in [0.2, 0.25) is 5.95 Å².